The number of anilines is 1. The Morgan fingerprint density at radius 2 is 1.75 bits per heavy atom. The van der Waals surface area contributed by atoms with Gasteiger partial charge in [-0.15, -0.1) is 11.8 Å². The van der Waals surface area contributed by atoms with Crippen LogP contribution in [0.25, 0.3) is 0 Å². The van der Waals surface area contributed by atoms with E-state index in [-0.39, 0.29) is 22.0 Å². The number of thioether (sulfide) groups is 1. The van der Waals surface area contributed by atoms with Gasteiger partial charge >= 0.3 is 0 Å². The van der Waals surface area contributed by atoms with Gasteiger partial charge in [0.2, 0.25) is 10.0 Å². The predicted molar refractivity (Wildman–Crippen MR) is 89.9 cm³/mol. The monoisotopic (exact) mass is 367 g/mol. The van der Waals surface area contributed by atoms with Crippen LogP contribution >= 0.6 is 11.8 Å². The number of hydrogen-bond donors (Lipinski definition) is 2. The van der Waals surface area contributed by atoms with E-state index < -0.39 is 10.0 Å². The number of halogens is 1. The van der Waals surface area contributed by atoms with Gasteiger partial charge in [-0.3, -0.25) is 10.2 Å². The Morgan fingerprint density at radius 1 is 1.12 bits per heavy atom. The van der Waals surface area contributed by atoms with Crippen molar-refractivity contribution in [2.24, 2.45) is 5.14 Å². The maximum Gasteiger partial charge on any atom is 0.252 e. The van der Waals surface area contributed by atoms with Gasteiger partial charge in [0.15, 0.2) is 0 Å². The largest absolute Gasteiger partial charge is 0.295 e. The zero-order valence-corrected chi connectivity index (χ0v) is 14.0. The van der Waals surface area contributed by atoms with Crippen molar-refractivity contribution in [3.8, 4) is 0 Å². The zero-order chi connectivity index (χ0) is 17.3. The molecule has 1 aliphatic rings. The Morgan fingerprint density at radius 3 is 2.33 bits per heavy atom. The van der Waals surface area contributed by atoms with Crippen LogP contribution in [0.15, 0.2) is 53.4 Å². The van der Waals surface area contributed by atoms with Crippen LogP contribution in [0, 0.1) is 5.82 Å². The molecule has 0 aromatic heterocycles. The van der Waals surface area contributed by atoms with Crippen LogP contribution in [0.1, 0.15) is 10.9 Å². The molecule has 3 rings (SSSR count). The molecule has 1 heterocycles. The number of hydrogen-bond acceptors (Lipinski definition) is 5. The number of benzene rings is 2. The van der Waals surface area contributed by atoms with Crippen LogP contribution in [0.2, 0.25) is 0 Å². The summed E-state index contributed by atoms with van der Waals surface area (Å²) in [6.45, 7) is 0. The van der Waals surface area contributed by atoms with Gasteiger partial charge in [0, 0.05) is 0 Å². The maximum atomic E-state index is 13.1. The lowest BCUT2D eigenvalue weighted by Crippen LogP contribution is -2.33. The summed E-state index contributed by atoms with van der Waals surface area (Å²) in [7, 11) is -3.76. The number of primary sulfonamides is 1. The van der Waals surface area contributed by atoms with E-state index in [0.29, 0.717) is 11.4 Å². The number of rotatable bonds is 4. The first-order chi connectivity index (χ1) is 11.3. The molecule has 0 bridgehead atoms. The molecule has 0 aliphatic carbocycles. The van der Waals surface area contributed by atoms with E-state index in [0.717, 1.165) is 5.56 Å². The molecular weight excluding hydrogens is 353 g/mol. The minimum absolute atomic E-state index is 0.00902. The van der Waals surface area contributed by atoms with Crippen LogP contribution < -0.4 is 10.6 Å². The first-order valence-electron chi connectivity index (χ1n) is 6.93. The second-order valence-corrected chi connectivity index (χ2v) is 7.79. The second kappa shape index (κ2) is 6.42. The molecule has 2 aromatic rings. The van der Waals surface area contributed by atoms with E-state index in [4.69, 9.17) is 5.14 Å². The van der Waals surface area contributed by atoms with E-state index in [1.807, 2.05) is 0 Å². The Kier molecular flexibility index (Phi) is 4.48. The molecule has 1 atom stereocenters. The number of carbonyl (C=O) groups is 1. The average molecular weight is 367 g/mol. The molecule has 9 heteroatoms. The fourth-order valence-electron chi connectivity index (χ4n) is 2.28. The van der Waals surface area contributed by atoms with Crippen LogP contribution in [0.3, 0.4) is 0 Å². The topological polar surface area (TPSA) is 92.5 Å². The molecule has 1 aliphatic heterocycles. The smallest absolute Gasteiger partial charge is 0.252 e. The predicted octanol–water partition coefficient (Wildman–Crippen LogP) is 2.07. The Hall–Kier alpha value is -2.10. The summed E-state index contributed by atoms with van der Waals surface area (Å²) in [6.07, 6.45) is 0. The third-order valence-electron chi connectivity index (χ3n) is 3.46. The van der Waals surface area contributed by atoms with Gasteiger partial charge in [-0.05, 0) is 42.0 Å². The summed E-state index contributed by atoms with van der Waals surface area (Å²) in [5.41, 5.74) is 4.31. The summed E-state index contributed by atoms with van der Waals surface area (Å²) < 4.78 is 35.6. The molecule has 1 fully saturated rings. The lowest BCUT2D eigenvalue weighted by atomic mass is 10.2. The minimum Gasteiger partial charge on any atom is -0.295 e. The van der Waals surface area contributed by atoms with E-state index in [2.05, 4.69) is 5.43 Å². The third-order valence-corrected chi connectivity index (χ3v) is 5.60. The van der Waals surface area contributed by atoms with Crippen molar-refractivity contribution in [2.45, 2.75) is 10.3 Å². The first kappa shape index (κ1) is 16.7. The van der Waals surface area contributed by atoms with Gasteiger partial charge in [-0.1, -0.05) is 12.1 Å². The number of nitrogens with zero attached hydrogens (tertiary/aromatic N) is 1. The molecule has 0 radical (unpaired) electrons. The number of carbonyl (C=O) groups excluding carboxylic acids is 1. The number of nitrogens with two attached hydrogens (primary N) is 1. The lowest BCUT2D eigenvalue weighted by molar-refractivity contribution is -0.126. The van der Waals surface area contributed by atoms with Crippen molar-refractivity contribution >= 4 is 33.4 Å². The van der Waals surface area contributed by atoms with Gasteiger partial charge in [0.05, 0.1) is 16.3 Å². The van der Waals surface area contributed by atoms with E-state index in [1.54, 1.807) is 12.1 Å². The van der Waals surface area contributed by atoms with Crippen LogP contribution in [-0.4, -0.2) is 25.1 Å². The average Bonchev–Trinajstić information content (AvgIpc) is 2.89. The van der Waals surface area contributed by atoms with E-state index in [1.165, 1.54) is 53.2 Å². The molecule has 0 spiro atoms. The highest BCUT2D eigenvalue weighted by Crippen LogP contribution is 2.38. The SMILES string of the molecule is NS(=O)(=O)c1ccc(NN2C(=O)CSC2c2ccc(F)cc2)cc1. The Bertz CT molecular complexity index is 855. The van der Waals surface area contributed by atoms with Gasteiger partial charge < -0.3 is 0 Å². The molecule has 2 aromatic carbocycles. The number of hydrazine groups is 1. The standard InChI is InChI=1S/C15H14FN3O3S2/c16-11-3-1-10(2-4-11)15-19(14(20)9-23-15)18-12-5-7-13(8-6-12)24(17,21)22/h1-8,15,18H,9H2,(H2,17,21,22). The van der Waals surface area contributed by atoms with Crippen molar-refractivity contribution in [2.75, 3.05) is 11.2 Å². The van der Waals surface area contributed by atoms with Gasteiger partial charge in [-0.25, -0.2) is 23.0 Å². The van der Waals surface area contributed by atoms with Crippen molar-refractivity contribution < 1.29 is 17.6 Å². The molecule has 1 unspecified atom stereocenters. The van der Waals surface area contributed by atoms with Crippen LogP contribution in [0.4, 0.5) is 10.1 Å². The third kappa shape index (κ3) is 3.53. The van der Waals surface area contributed by atoms with Gasteiger partial charge in [-0.2, -0.15) is 0 Å². The fraction of sp³-hybridized carbons (Fsp3) is 0.133. The zero-order valence-electron chi connectivity index (χ0n) is 12.3. The molecule has 3 N–H and O–H groups in total. The van der Waals surface area contributed by atoms with E-state index in [9.17, 15) is 17.6 Å². The lowest BCUT2D eigenvalue weighted by Gasteiger charge is -2.25. The molecule has 1 saturated heterocycles. The molecule has 0 saturated carbocycles. The van der Waals surface area contributed by atoms with Gasteiger partial charge in [0.1, 0.15) is 11.2 Å². The Balaban J connectivity index is 1.81. The normalized spacial score (nSPS) is 18.0. The second-order valence-electron chi connectivity index (χ2n) is 5.16. The highest BCUT2D eigenvalue weighted by Gasteiger charge is 2.33. The summed E-state index contributed by atoms with van der Waals surface area (Å²) in [6, 6.07) is 11.7. The summed E-state index contributed by atoms with van der Waals surface area (Å²) in [5.74, 6) is -0.166. The fourth-order valence-corrected chi connectivity index (χ4v) is 3.90. The number of nitrogens with one attached hydrogen (secondary N) is 1. The summed E-state index contributed by atoms with van der Waals surface area (Å²) in [5, 5.41) is 6.21. The highest BCUT2D eigenvalue weighted by molar-refractivity contribution is 8.00. The molecule has 24 heavy (non-hydrogen) atoms. The molecule has 1 amide bonds. The summed E-state index contributed by atoms with van der Waals surface area (Å²) >= 11 is 1.42. The summed E-state index contributed by atoms with van der Waals surface area (Å²) in [4.78, 5) is 12.1. The van der Waals surface area contributed by atoms with Crippen LogP contribution in [0.5, 0.6) is 0 Å². The quantitative estimate of drug-likeness (QED) is 0.863. The van der Waals surface area contributed by atoms with Gasteiger partial charge in [0.25, 0.3) is 5.91 Å². The molecular formula is C15H14FN3O3S2. The highest BCUT2D eigenvalue weighted by atomic mass is 32.2. The number of amides is 1. The molecule has 6 nitrogen and oxygen atoms in total. The minimum atomic E-state index is -3.76. The maximum absolute atomic E-state index is 13.1. The van der Waals surface area contributed by atoms with Crippen LogP contribution in [-0.2, 0) is 14.8 Å². The molecule has 126 valence electrons. The Labute approximate surface area is 142 Å². The van der Waals surface area contributed by atoms with E-state index >= 15 is 0 Å². The van der Waals surface area contributed by atoms with Crippen molar-refractivity contribution in [1.29, 1.82) is 0 Å². The number of sulfonamides is 1. The first-order valence-corrected chi connectivity index (χ1v) is 9.53. The van der Waals surface area contributed by atoms with Crippen molar-refractivity contribution in [3.05, 3.63) is 59.9 Å². The van der Waals surface area contributed by atoms with Crippen molar-refractivity contribution in [1.82, 2.24) is 5.01 Å². The van der Waals surface area contributed by atoms with Crippen molar-refractivity contribution in [3.63, 3.8) is 0 Å².